The van der Waals surface area contributed by atoms with Gasteiger partial charge in [-0.3, -0.25) is 15.1 Å². The smallest absolute Gasteiger partial charge is 0.358 e. The van der Waals surface area contributed by atoms with Gasteiger partial charge in [0.25, 0.3) is 11.9 Å². The number of hydrogen-bond acceptors (Lipinski definition) is 8. The molecule has 34 heavy (non-hydrogen) atoms. The third-order valence-corrected chi connectivity index (χ3v) is 5.70. The van der Waals surface area contributed by atoms with E-state index in [1.807, 2.05) is 6.07 Å². The second kappa shape index (κ2) is 9.43. The summed E-state index contributed by atoms with van der Waals surface area (Å²) in [5.41, 5.74) is 5.65. The number of nitrogens with two attached hydrogens (primary N) is 1. The van der Waals surface area contributed by atoms with Crippen LogP contribution in [0.4, 0.5) is 10.7 Å². The molecule has 3 heterocycles. The molecule has 1 aliphatic carbocycles. The van der Waals surface area contributed by atoms with E-state index >= 15 is 0 Å². The molecule has 3 amide bonds. The summed E-state index contributed by atoms with van der Waals surface area (Å²) < 4.78 is 6.91. The molecule has 1 aliphatic rings. The van der Waals surface area contributed by atoms with Crippen LogP contribution in [0.5, 0.6) is 0 Å². The van der Waals surface area contributed by atoms with Crippen molar-refractivity contribution < 1.29 is 24.2 Å². The van der Waals surface area contributed by atoms with Crippen molar-refractivity contribution >= 4 is 29.5 Å². The molecule has 0 saturated heterocycles. The van der Waals surface area contributed by atoms with Crippen molar-refractivity contribution in [2.24, 2.45) is 5.73 Å². The van der Waals surface area contributed by atoms with Gasteiger partial charge in [-0.15, -0.1) is 5.10 Å². The lowest BCUT2D eigenvalue weighted by molar-refractivity contribution is -0.143. The summed E-state index contributed by atoms with van der Waals surface area (Å²) in [4.78, 5) is 45.9. The van der Waals surface area contributed by atoms with Crippen molar-refractivity contribution in [3.8, 4) is 11.1 Å². The van der Waals surface area contributed by atoms with E-state index in [9.17, 15) is 19.5 Å². The van der Waals surface area contributed by atoms with E-state index < -0.39 is 29.6 Å². The number of carbonyl (C=O) groups excluding carboxylic acids is 3. The Balaban J connectivity index is 1.75. The number of rotatable bonds is 6. The van der Waals surface area contributed by atoms with Crippen LogP contribution in [0.3, 0.4) is 0 Å². The van der Waals surface area contributed by atoms with E-state index in [0.717, 1.165) is 0 Å². The van der Waals surface area contributed by atoms with Gasteiger partial charge in [-0.1, -0.05) is 6.07 Å². The number of anilines is 1. The first kappa shape index (κ1) is 23.1. The summed E-state index contributed by atoms with van der Waals surface area (Å²) in [5.74, 6) is -1.63. The van der Waals surface area contributed by atoms with Gasteiger partial charge in [-0.05, 0) is 56.4 Å². The molecule has 0 radical (unpaired) electrons. The highest BCUT2D eigenvalue weighted by Gasteiger charge is 2.44. The van der Waals surface area contributed by atoms with Gasteiger partial charge in [0.2, 0.25) is 0 Å². The number of fused-ring (bicyclic) bond motifs is 1. The number of aliphatic hydroxyl groups excluding tert-OH is 1. The van der Waals surface area contributed by atoms with Crippen molar-refractivity contribution in [2.75, 3.05) is 11.9 Å². The number of aromatic nitrogens is 4. The molecule has 0 bridgehead atoms. The summed E-state index contributed by atoms with van der Waals surface area (Å²) in [6.45, 7) is 2.18. The standard InChI is InChI=1S/C22H25N7O5/c1-2-25-21(33)27-20-26-17-11-14(13-4-3-9-24-12-13)10-16(29(17)28-20)18(31)34-22(19(23)32)7-5-15(30)6-8-22/h3-4,9-12,15,30H,2,5-8H2,1H3,(H2,23,32)(H2,25,27,28,33). The molecule has 4 rings (SSSR count). The molecule has 0 aliphatic heterocycles. The van der Waals surface area contributed by atoms with Crippen LogP contribution in [0.2, 0.25) is 0 Å². The average molecular weight is 467 g/mol. The number of urea groups is 1. The molecule has 0 spiro atoms. The predicted octanol–water partition coefficient (Wildman–Crippen LogP) is 1.25. The summed E-state index contributed by atoms with van der Waals surface area (Å²) in [7, 11) is 0. The lowest BCUT2D eigenvalue weighted by Crippen LogP contribution is -2.50. The Labute approximate surface area is 194 Å². The lowest BCUT2D eigenvalue weighted by atomic mass is 9.82. The maximum absolute atomic E-state index is 13.3. The molecule has 3 aromatic rings. The highest BCUT2D eigenvalue weighted by molar-refractivity contribution is 5.94. The van der Waals surface area contributed by atoms with Gasteiger partial charge in [0.05, 0.1) is 6.10 Å². The number of nitrogens with one attached hydrogen (secondary N) is 2. The van der Waals surface area contributed by atoms with Crippen molar-refractivity contribution in [3.63, 3.8) is 0 Å². The fourth-order valence-corrected chi connectivity index (χ4v) is 3.89. The average Bonchev–Trinajstić information content (AvgIpc) is 3.22. The maximum atomic E-state index is 13.3. The van der Waals surface area contributed by atoms with Crippen LogP contribution < -0.4 is 16.4 Å². The Morgan fingerprint density at radius 1 is 1.26 bits per heavy atom. The molecule has 1 saturated carbocycles. The van der Waals surface area contributed by atoms with Crippen LogP contribution in [0.25, 0.3) is 16.8 Å². The zero-order chi connectivity index (χ0) is 24.3. The third-order valence-electron chi connectivity index (χ3n) is 5.70. The molecule has 0 atom stereocenters. The maximum Gasteiger partial charge on any atom is 0.358 e. The molecular formula is C22H25N7O5. The van der Waals surface area contributed by atoms with E-state index in [0.29, 0.717) is 17.7 Å². The number of esters is 1. The van der Waals surface area contributed by atoms with Crippen molar-refractivity contribution in [3.05, 3.63) is 42.4 Å². The molecule has 0 unspecified atom stereocenters. The zero-order valence-electron chi connectivity index (χ0n) is 18.5. The normalized spacial score (nSPS) is 20.0. The monoisotopic (exact) mass is 467 g/mol. The summed E-state index contributed by atoms with van der Waals surface area (Å²) in [6.07, 6.45) is 3.46. The number of aliphatic hydroxyl groups is 1. The molecular weight excluding hydrogens is 442 g/mol. The first-order chi connectivity index (χ1) is 16.3. The highest BCUT2D eigenvalue weighted by Crippen LogP contribution is 2.33. The van der Waals surface area contributed by atoms with E-state index in [4.69, 9.17) is 10.5 Å². The molecule has 12 heteroatoms. The highest BCUT2D eigenvalue weighted by atomic mass is 16.6. The van der Waals surface area contributed by atoms with Crippen LogP contribution in [-0.4, -0.2) is 60.8 Å². The van der Waals surface area contributed by atoms with E-state index in [1.165, 1.54) is 4.52 Å². The first-order valence-corrected chi connectivity index (χ1v) is 10.9. The summed E-state index contributed by atoms with van der Waals surface area (Å²) in [6, 6.07) is 6.29. The largest absolute Gasteiger partial charge is 0.444 e. The van der Waals surface area contributed by atoms with Crippen LogP contribution >= 0.6 is 0 Å². The van der Waals surface area contributed by atoms with Gasteiger partial charge >= 0.3 is 12.0 Å². The Morgan fingerprint density at radius 2 is 2.03 bits per heavy atom. The van der Waals surface area contributed by atoms with Gasteiger partial charge in [-0.2, -0.15) is 4.98 Å². The van der Waals surface area contributed by atoms with Crippen molar-refractivity contribution in [1.82, 2.24) is 24.9 Å². The minimum absolute atomic E-state index is 0.0143. The Hall–Kier alpha value is -4.06. The minimum atomic E-state index is -1.53. The summed E-state index contributed by atoms with van der Waals surface area (Å²) >= 11 is 0. The number of ether oxygens (including phenoxy) is 1. The Bertz CT molecular complexity index is 1220. The number of pyridine rings is 2. The predicted molar refractivity (Wildman–Crippen MR) is 121 cm³/mol. The van der Waals surface area contributed by atoms with Gasteiger partial charge in [0.1, 0.15) is 0 Å². The number of primary amides is 1. The summed E-state index contributed by atoms with van der Waals surface area (Å²) in [5, 5.41) is 19.1. The SMILES string of the molecule is CCNC(=O)Nc1nc2cc(-c3cccnc3)cc(C(=O)OC3(C(N)=O)CCC(O)CC3)n2n1. The fourth-order valence-electron chi connectivity index (χ4n) is 3.89. The molecule has 3 aromatic heterocycles. The van der Waals surface area contributed by atoms with Crippen molar-refractivity contribution in [2.45, 2.75) is 44.3 Å². The van der Waals surface area contributed by atoms with Gasteiger partial charge in [-0.25, -0.2) is 14.1 Å². The van der Waals surface area contributed by atoms with E-state index in [1.54, 1.807) is 37.5 Å². The zero-order valence-corrected chi connectivity index (χ0v) is 18.5. The van der Waals surface area contributed by atoms with Gasteiger partial charge in [0.15, 0.2) is 16.9 Å². The Kier molecular flexibility index (Phi) is 6.41. The number of hydrogen-bond donors (Lipinski definition) is 4. The minimum Gasteiger partial charge on any atom is -0.444 e. The van der Waals surface area contributed by atoms with Gasteiger partial charge < -0.3 is 20.9 Å². The second-order valence-electron chi connectivity index (χ2n) is 8.04. The quantitative estimate of drug-likeness (QED) is 0.392. The third kappa shape index (κ3) is 4.66. The van der Waals surface area contributed by atoms with Crippen LogP contribution in [0.15, 0.2) is 36.7 Å². The number of amides is 3. The Morgan fingerprint density at radius 3 is 2.68 bits per heavy atom. The topological polar surface area (TPSA) is 174 Å². The van der Waals surface area contributed by atoms with E-state index in [2.05, 4.69) is 25.7 Å². The number of carbonyl (C=O) groups is 3. The molecule has 5 N–H and O–H groups in total. The molecule has 1 fully saturated rings. The molecule has 178 valence electrons. The van der Waals surface area contributed by atoms with Gasteiger partial charge in [0, 0.05) is 24.5 Å². The second-order valence-corrected chi connectivity index (χ2v) is 8.04. The first-order valence-electron chi connectivity index (χ1n) is 10.9. The molecule has 0 aromatic carbocycles. The molecule has 12 nitrogen and oxygen atoms in total. The van der Waals surface area contributed by atoms with E-state index in [-0.39, 0.29) is 43.0 Å². The van der Waals surface area contributed by atoms with Crippen LogP contribution in [0, 0.1) is 0 Å². The lowest BCUT2D eigenvalue weighted by Gasteiger charge is -2.35. The fraction of sp³-hybridized carbons (Fsp3) is 0.364. The van der Waals surface area contributed by atoms with Crippen LogP contribution in [-0.2, 0) is 9.53 Å². The van der Waals surface area contributed by atoms with Crippen LogP contribution in [0.1, 0.15) is 43.1 Å². The number of nitrogens with zero attached hydrogens (tertiary/aromatic N) is 4. The van der Waals surface area contributed by atoms with Crippen molar-refractivity contribution in [1.29, 1.82) is 0 Å².